The average molecular weight is 433 g/mol. The first-order valence-electron chi connectivity index (χ1n) is 10.5. The van der Waals surface area contributed by atoms with Crippen LogP contribution in [0.5, 0.6) is 0 Å². The lowest BCUT2D eigenvalue weighted by molar-refractivity contribution is -0.273. The number of hydrogen-bond acceptors (Lipinski definition) is 5. The van der Waals surface area contributed by atoms with Crippen LogP contribution in [-0.2, 0) is 22.2 Å². The molecule has 6 heteroatoms. The van der Waals surface area contributed by atoms with Crippen molar-refractivity contribution in [2.75, 3.05) is 6.61 Å². The number of rotatable bonds is 5. The summed E-state index contributed by atoms with van der Waals surface area (Å²) in [5, 5.41) is 41.4. The highest BCUT2D eigenvalue weighted by atomic mass is 35.5. The van der Waals surface area contributed by atoms with Gasteiger partial charge in [-0.25, -0.2) is 0 Å². The molecule has 30 heavy (non-hydrogen) atoms. The van der Waals surface area contributed by atoms with Gasteiger partial charge in [0.05, 0.1) is 6.61 Å². The summed E-state index contributed by atoms with van der Waals surface area (Å²) in [6.07, 6.45) is -2.22. The van der Waals surface area contributed by atoms with Crippen LogP contribution in [0.15, 0.2) is 42.5 Å². The molecule has 0 radical (unpaired) electrons. The van der Waals surface area contributed by atoms with Crippen molar-refractivity contribution in [2.45, 2.75) is 68.5 Å². The van der Waals surface area contributed by atoms with E-state index in [4.69, 9.17) is 16.3 Å². The van der Waals surface area contributed by atoms with E-state index in [-0.39, 0.29) is 5.41 Å². The van der Waals surface area contributed by atoms with Gasteiger partial charge in [-0.05, 0) is 54.5 Å². The van der Waals surface area contributed by atoms with Crippen LogP contribution in [0, 0.1) is 0 Å². The predicted molar refractivity (Wildman–Crippen MR) is 115 cm³/mol. The van der Waals surface area contributed by atoms with Crippen molar-refractivity contribution < 1.29 is 25.2 Å². The Hall–Kier alpha value is -1.47. The normalized spacial score (nSPS) is 32.8. The molecule has 1 heterocycles. The minimum Gasteiger partial charge on any atom is -0.394 e. The van der Waals surface area contributed by atoms with Gasteiger partial charge in [0.25, 0.3) is 0 Å². The standard InChI is InChI=1S/C24H29ClO5/c1-3-14-4-6-15(7-5-14)24(10-11-24)17-12-16(8-9-18(17)25)23(2)22(29)21(28)20(27)19(13-26)30-23/h4-9,12,19-22,26-29H,3,10-11,13H2,1-2H3/t19-,20-,21+,22-,23+/m1/s1. The second-order valence-corrected chi connectivity index (χ2v) is 9.11. The van der Waals surface area contributed by atoms with Crippen LogP contribution >= 0.6 is 11.6 Å². The van der Waals surface area contributed by atoms with E-state index in [0.29, 0.717) is 10.6 Å². The molecule has 2 fully saturated rings. The third-order valence-corrected chi connectivity index (χ3v) is 7.24. The van der Waals surface area contributed by atoms with Crippen LogP contribution in [0.25, 0.3) is 0 Å². The van der Waals surface area contributed by atoms with Gasteiger partial charge in [-0.3, -0.25) is 0 Å². The quantitative estimate of drug-likeness (QED) is 0.583. The molecule has 1 aliphatic carbocycles. The summed E-state index contributed by atoms with van der Waals surface area (Å²) in [6, 6.07) is 14.1. The molecule has 1 saturated carbocycles. The van der Waals surface area contributed by atoms with Crippen LogP contribution in [-0.4, -0.2) is 51.4 Å². The molecule has 2 aromatic carbocycles. The van der Waals surface area contributed by atoms with E-state index < -0.39 is 36.6 Å². The van der Waals surface area contributed by atoms with E-state index in [1.54, 1.807) is 19.1 Å². The van der Waals surface area contributed by atoms with Crippen molar-refractivity contribution in [1.29, 1.82) is 0 Å². The maximum absolute atomic E-state index is 10.7. The molecular formula is C24H29ClO5. The minimum atomic E-state index is -1.43. The fraction of sp³-hybridized carbons (Fsp3) is 0.500. The highest BCUT2D eigenvalue weighted by Crippen LogP contribution is 2.56. The summed E-state index contributed by atoms with van der Waals surface area (Å²) < 4.78 is 5.91. The molecule has 1 aliphatic heterocycles. The number of halogens is 1. The maximum atomic E-state index is 10.7. The van der Waals surface area contributed by atoms with E-state index in [1.807, 2.05) is 6.07 Å². The van der Waals surface area contributed by atoms with Gasteiger partial charge in [0.2, 0.25) is 0 Å². The zero-order chi connectivity index (χ0) is 21.7. The Labute approximate surface area is 181 Å². The molecule has 0 aromatic heterocycles. The van der Waals surface area contributed by atoms with Crippen molar-refractivity contribution in [2.24, 2.45) is 0 Å². The molecule has 4 N–H and O–H groups in total. The predicted octanol–water partition coefficient (Wildman–Crippen LogP) is 2.67. The van der Waals surface area contributed by atoms with Gasteiger partial charge in [0.1, 0.15) is 30.0 Å². The molecule has 0 bridgehead atoms. The molecule has 1 saturated heterocycles. The Kier molecular flexibility index (Phi) is 5.73. The zero-order valence-corrected chi connectivity index (χ0v) is 18.0. The molecule has 0 unspecified atom stereocenters. The van der Waals surface area contributed by atoms with Gasteiger partial charge < -0.3 is 25.2 Å². The molecule has 4 rings (SSSR count). The Balaban J connectivity index is 1.75. The highest BCUT2D eigenvalue weighted by molar-refractivity contribution is 6.31. The highest BCUT2D eigenvalue weighted by Gasteiger charge is 2.53. The molecule has 162 valence electrons. The van der Waals surface area contributed by atoms with Gasteiger partial charge >= 0.3 is 0 Å². The molecular weight excluding hydrogens is 404 g/mol. The zero-order valence-electron chi connectivity index (χ0n) is 17.3. The summed E-state index contributed by atoms with van der Waals surface area (Å²) >= 11 is 6.62. The lowest BCUT2D eigenvalue weighted by atomic mass is 9.79. The van der Waals surface area contributed by atoms with Gasteiger partial charge in [0.15, 0.2) is 0 Å². The first-order chi connectivity index (χ1) is 14.3. The number of aliphatic hydroxyl groups is 4. The van der Waals surface area contributed by atoms with Crippen LogP contribution < -0.4 is 0 Å². The van der Waals surface area contributed by atoms with E-state index in [9.17, 15) is 20.4 Å². The van der Waals surface area contributed by atoms with Crippen molar-refractivity contribution in [3.05, 3.63) is 69.7 Å². The van der Waals surface area contributed by atoms with Gasteiger partial charge in [-0.15, -0.1) is 0 Å². The van der Waals surface area contributed by atoms with Gasteiger partial charge in [-0.1, -0.05) is 54.9 Å². The summed E-state index contributed by atoms with van der Waals surface area (Å²) in [5.41, 5.74) is 2.62. The van der Waals surface area contributed by atoms with Crippen molar-refractivity contribution in [1.82, 2.24) is 0 Å². The van der Waals surface area contributed by atoms with Crippen LogP contribution in [0.2, 0.25) is 5.02 Å². The van der Waals surface area contributed by atoms with Crippen molar-refractivity contribution in [3.8, 4) is 0 Å². The number of benzene rings is 2. The maximum Gasteiger partial charge on any atom is 0.119 e. The lowest BCUT2D eigenvalue weighted by Gasteiger charge is -2.47. The first kappa shape index (κ1) is 21.8. The largest absolute Gasteiger partial charge is 0.394 e. The SMILES string of the molecule is CCc1ccc(C2(c3cc([C@]4(C)O[C@H](CO)[C@@H](O)[C@H](O)[C@H]4O)ccc3Cl)CC2)cc1. The number of aryl methyl sites for hydroxylation is 1. The number of ether oxygens (including phenoxy) is 1. The Morgan fingerprint density at radius 1 is 1.00 bits per heavy atom. The summed E-state index contributed by atoms with van der Waals surface area (Å²) in [6.45, 7) is 3.33. The topological polar surface area (TPSA) is 90.2 Å². The second-order valence-electron chi connectivity index (χ2n) is 8.70. The molecule has 0 amide bonds. The monoisotopic (exact) mass is 432 g/mol. The summed E-state index contributed by atoms with van der Waals surface area (Å²) in [7, 11) is 0. The Bertz CT molecular complexity index is 908. The van der Waals surface area contributed by atoms with Crippen LogP contribution in [0.3, 0.4) is 0 Å². The Morgan fingerprint density at radius 3 is 2.20 bits per heavy atom. The third-order valence-electron chi connectivity index (χ3n) is 6.91. The summed E-state index contributed by atoms with van der Waals surface area (Å²) in [5.74, 6) is 0. The number of aliphatic hydroxyl groups excluding tert-OH is 4. The molecule has 2 aromatic rings. The van der Waals surface area contributed by atoms with Gasteiger partial charge in [0, 0.05) is 10.4 Å². The third kappa shape index (κ3) is 3.38. The lowest BCUT2D eigenvalue weighted by Crippen LogP contribution is -2.62. The first-order valence-corrected chi connectivity index (χ1v) is 10.9. The molecule has 5 atom stereocenters. The fourth-order valence-corrected chi connectivity index (χ4v) is 4.97. The molecule has 0 spiro atoms. The second kappa shape index (κ2) is 7.90. The van der Waals surface area contributed by atoms with Crippen LogP contribution in [0.1, 0.15) is 48.9 Å². The van der Waals surface area contributed by atoms with E-state index in [0.717, 1.165) is 24.8 Å². The molecule has 2 aliphatic rings. The van der Waals surface area contributed by atoms with E-state index in [2.05, 4.69) is 31.2 Å². The number of hydrogen-bond donors (Lipinski definition) is 4. The molecule has 5 nitrogen and oxygen atoms in total. The summed E-state index contributed by atoms with van der Waals surface area (Å²) in [4.78, 5) is 0. The van der Waals surface area contributed by atoms with Crippen LogP contribution in [0.4, 0.5) is 0 Å². The van der Waals surface area contributed by atoms with Crippen molar-refractivity contribution >= 4 is 11.6 Å². The average Bonchev–Trinajstić information content (AvgIpc) is 3.57. The van der Waals surface area contributed by atoms with Gasteiger partial charge in [-0.2, -0.15) is 0 Å². The smallest absolute Gasteiger partial charge is 0.119 e. The van der Waals surface area contributed by atoms with Crippen molar-refractivity contribution in [3.63, 3.8) is 0 Å². The Morgan fingerprint density at radius 2 is 1.63 bits per heavy atom. The van der Waals surface area contributed by atoms with E-state index >= 15 is 0 Å². The van der Waals surface area contributed by atoms with E-state index in [1.165, 1.54) is 11.1 Å². The fourth-order valence-electron chi connectivity index (χ4n) is 4.67. The minimum absolute atomic E-state index is 0.177.